The summed E-state index contributed by atoms with van der Waals surface area (Å²) in [7, 11) is 4.43. The molecule has 1 atom stereocenters. The zero-order chi connectivity index (χ0) is 21.6. The van der Waals surface area contributed by atoms with E-state index in [1.807, 2.05) is 24.3 Å². The lowest BCUT2D eigenvalue weighted by Crippen LogP contribution is -2.29. The number of rotatable bonds is 4. The molecule has 30 heavy (non-hydrogen) atoms. The first-order chi connectivity index (χ1) is 14.4. The van der Waals surface area contributed by atoms with Crippen molar-refractivity contribution in [1.82, 2.24) is 5.32 Å². The number of nitrogens with one attached hydrogen (secondary N) is 1. The molecule has 154 valence electrons. The van der Waals surface area contributed by atoms with Gasteiger partial charge in [0.1, 0.15) is 11.5 Å². The van der Waals surface area contributed by atoms with Crippen LogP contribution in [0.1, 0.15) is 34.3 Å². The van der Waals surface area contributed by atoms with Gasteiger partial charge in [0.2, 0.25) is 0 Å². The molecule has 0 bridgehead atoms. The molecule has 0 amide bonds. The molecule has 2 aromatic carbocycles. The Hall–Kier alpha value is -3.06. The summed E-state index contributed by atoms with van der Waals surface area (Å²) in [6.45, 7) is 1.81. The summed E-state index contributed by atoms with van der Waals surface area (Å²) < 4.78 is 16.8. The van der Waals surface area contributed by atoms with Crippen molar-refractivity contribution in [3.63, 3.8) is 0 Å². The van der Waals surface area contributed by atoms with Crippen LogP contribution in [0.15, 0.2) is 57.7 Å². The fourth-order valence-electron chi connectivity index (χ4n) is 4.13. The molecule has 1 N–H and O–H groups in total. The smallest absolute Gasteiger partial charge is 0.336 e. The van der Waals surface area contributed by atoms with Crippen molar-refractivity contribution in [2.75, 3.05) is 21.3 Å². The summed E-state index contributed by atoms with van der Waals surface area (Å²) >= 11 is 3.51. The van der Waals surface area contributed by atoms with E-state index in [2.05, 4.69) is 21.2 Å². The Bertz CT molecular complexity index is 1150. The molecule has 7 heteroatoms. The zero-order valence-corrected chi connectivity index (χ0v) is 18.5. The highest BCUT2D eigenvalue weighted by molar-refractivity contribution is 9.10. The second kappa shape index (κ2) is 7.65. The highest BCUT2D eigenvalue weighted by atomic mass is 79.9. The SMILES string of the molecule is COC(=O)C1=C(C)NC2=C(C(=O)c3ccccc32)[C@@H]1c1cc(Br)c(OC)cc1OC. The first-order valence-electron chi connectivity index (χ1n) is 9.28. The predicted octanol–water partition coefficient (Wildman–Crippen LogP) is 4.21. The summed E-state index contributed by atoms with van der Waals surface area (Å²) in [6, 6.07) is 11.0. The molecule has 0 fully saturated rings. The van der Waals surface area contributed by atoms with E-state index in [0.29, 0.717) is 49.6 Å². The van der Waals surface area contributed by atoms with Gasteiger partial charge < -0.3 is 19.5 Å². The molecule has 2 aromatic rings. The molecule has 6 nitrogen and oxygen atoms in total. The molecule has 1 aliphatic carbocycles. The third-order valence-corrected chi connectivity index (χ3v) is 6.09. The molecule has 0 radical (unpaired) electrons. The topological polar surface area (TPSA) is 73.9 Å². The third-order valence-electron chi connectivity index (χ3n) is 5.47. The predicted molar refractivity (Wildman–Crippen MR) is 116 cm³/mol. The molecule has 2 aliphatic rings. The number of halogens is 1. The Morgan fingerprint density at radius 2 is 1.70 bits per heavy atom. The number of dihydropyridines is 1. The number of carbonyl (C=O) groups is 2. The lowest BCUT2D eigenvalue weighted by Gasteiger charge is -2.30. The van der Waals surface area contributed by atoms with Gasteiger partial charge in [0.15, 0.2) is 5.78 Å². The van der Waals surface area contributed by atoms with Gasteiger partial charge in [0.25, 0.3) is 0 Å². The number of methoxy groups -OCH3 is 3. The van der Waals surface area contributed by atoms with E-state index in [-0.39, 0.29) is 5.78 Å². The Morgan fingerprint density at radius 3 is 2.33 bits per heavy atom. The van der Waals surface area contributed by atoms with E-state index in [1.54, 1.807) is 33.3 Å². The minimum atomic E-state index is -0.661. The summed E-state index contributed by atoms with van der Waals surface area (Å²) in [4.78, 5) is 26.2. The van der Waals surface area contributed by atoms with E-state index in [0.717, 1.165) is 5.56 Å². The molecule has 0 saturated carbocycles. The van der Waals surface area contributed by atoms with Crippen LogP contribution in [0.25, 0.3) is 5.70 Å². The number of ether oxygens (including phenoxy) is 3. The van der Waals surface area contributed by atoms with Crippen molar-refractivity contribution < 1.29 is 23.8 Å². The fourth-order valence-corrected chi connectivity index (χ4v) is 4.65. The van der Waals surface area contributed by atoms with Crippen molar-refractivity contribution >= 4 is 33.4 Å². The average Bonchev–Trinajstić information content (AvgIpc) is 3.04. The summed E-state index contributed by atoms with van der Waals surface area (Å²) in [5.41, 5.74) is 4.29. The van der Waals surface area contributed by atoms with Gasteiger partial charge >= 0.3 is 5.97 Å². The van der Waals surface area contributed by atoms with Crippen molar-refractivity contribution in [2.45, 2.75) is 12.8 Å². The van der Waals surface area contributed by atoms with Crippen molar-refractivity contribution in [3.8, 4) is 11.5 Å². The van der Waals surface area contributed by atoms with E-state index < -0.39 is 11.9 Å². The van der Waals surface area contributed by atoms with Gasteiger partial charge in [-0.1, -0.05) is 24.3 Å². The quantitative estimate of drug-likeness (QED) is 0.676. The molecular weight excluding hydrogens is 450 g/mol. The molecule has 1 aliphatic heterocycles. The largest absolute Gasteiger partial charge is 0.496 e. The number of allylic oxidation sites excluding steroid dienone is 2. The van der Waals surface area contributed by atoms with Gasteiger partial charge in [-0.3, -0.25) is 4.79 Å². The first kappa shape index (κ1) is 20.2. The van der Waals surface area contributed by atoms with Crippen LogP contribution in [-0.2, 0) is 9.53 Å². The number of carbonyl (C=O) groups excluding carboxylic acids is 2. The Kier molecular flexibility index (Phi) is 5.15. The van der Waals surface area contributed by atoms with E-state index in [4.69, 9.17) is 14.2 Å². The molecule has 0 saturated heterocycles. The van der Waals surface area contributed by atoms with Gasteiger partial charge in [0, 0.05) is 34.0 Å². The molecule has 4 rings (SSSR count). The Labute approximate surface area is 182 Å². The van der Waals surface area contributed by atoms with E-state index in [1.165, 1.54) is 7.11 Å². The van der Waals surface area contributed by atoms with Crippen LogP contribution < -0.4 is 14.8 Å². The van der Waals surface area contributed by atoms with Crippen LogP contribution in [0.2, 0.25) is 0 Å². The molecule has 0 spiro atoms. The van der Waals surface area contributed by atoms with Crippen LogP contribution in [0.5, 0.6) is 11.5 Å². The van der Waals surface area contributed by atoms with Gasteiger partial charge in [0.05, 0.1) is 43.0 Å². The number of ketones is 1. The van der Waals surface area contributed by atoms with Crippen LogP contribution in [0.3, 0.4) is 0 Å². The van der Waals surface area contributed by atoms with Crippen molar-refractivity contribution in [3.05, 3.63) is 74.4 Å². The normalized spacial score (nSPS) is 17.4. The standard InChI is InChI=1S/C23H20BrNO5/c1-11-18(23(27)30-4)19(14-9-15(24)17(29-3)10-16(14)28-2)20-21(25-11)12-7-5-6-8-13(12)22(20)26/h5-10,19,25H,1-4H3/t19-/m1/s1. The van der Waals surface area contributed by atoms with Crippen molar-refractivity contribution in [2.24, 2.45) is 0 Å². The summed E-state index contributed by atoms with van der Waals surface area (Å²) in [5, 5.41) is 3.26. The minimum absolute atomic E-state index is 0.124. The monoisotopic (exact) mass is 469 g/mol. The van der Waals surface area contributed by atoms with Gasteiger partial charge in [-0.15, -0.1) is 0 Å². The van der Waals surface area contributed by atoms with Crippen LogP contribution in [-0.4, -0.2) is 33.1 Å². The lowest BCUT2D eigenvalue weighted by molar-refractivity contribution is -0.136. The molecule has 1 heterocycles. The lowest BCUT2D eigenvalue weighted by atomic mass is 9.79. The van der Waals surface area contributed by atoms with Crippen LogP contribution >= 0.6 is 15.9 Å². The van der Waals surface area contributed by atoms with Gasteiger partial charge in [-0.25, -0.2) is 4.79 Å². The fraction of sp³-hybridized carbons (Fsp3) is 0.217. The molecule has 0 unspecified atom stereocenters. The number of hydrogen-bond acceptors (Lipinski definition) is 6. The highest BCUT2D eigenvalue weighted by Gasteiger charge is 2.44. The Balaban J connectivity index is 2.01. The molecular formula is C23H20BrNO5. The van der Waals surface area contributed by atoms with E-state index >= 15 is 0 Å². The minimum Gasteiger partial charge on any atom is -0.496 e. The summed E-state index contributed by atoms with van der Waals surface area (Å²) in [5.74, 6) is -0.201. The average molecular weight is 470 g/mol. The third kappa shape index (κ3) is 2.92. The Morgan fingerprint density at radius 1 is 1.03 bits per heavy atom. The number of hydrogen-bond donors (Lipinski definition) is 1. The van der Waals surface area contributed by atoms with Crippen LogP contribution in [0, 0.1) is 0 Å². The van der Waals surface area contributed by atoms with Gasteiger partial charge in [-0.2, -0.15) is 0 Å². The second-order valence-corrected chi connectivity index (χ2v) is 7.83. The maximum atomic E-state index is 13.4. The highest BCUT2D eigenvalue weighted by Crippen LogP contribution is 2.50. The number of benzene rings is 2. The molecule has 0 aromatic heterocycles. The van der Waals surface area contributed by atoms with Crippen LogP contribution in [0.4, 0.5) is 0 Å². The summed E-state index contributed by atoms with van der Waals surface area (Å²) in [6.07, 6.45) is 0. The first-order valence-corrected chi connectivity index (χ1v) is 10.1. The van der Waals surface area contributed by atoms with Gasteiger partial charge in [-0.05, 0) is 28.9 Å². The number of esters is 1. The maximum Gasteiger partial charge on any atom is 0.336 e. The number of fused-ring (bicyclic) bond motifs is 2. The maximum absolute atomic E-state index is 13.4. The van der Waals surface area contributed by atoms with Crippen molar-refractivity contribution in [1.29, 1.82) is 0 Å². The van der Waals surface area contributed by atoms with E-state index in [9.17, 15) is 9.59 Å². The zero-order valence-electron chi connectivity index (χ0n) is 17.0. The number of Topliss-reactive ketones (excluding diaryl/α,β-unsaturated/α-hetero) is 1. The second-order valence-electron chi connectivity index (χ2n) is 6.98.